The number of rotatable bonds is 5. The summed E-state index contributed by atoms with van der Waals surface area (Å²) in [6.45, 7) is 2.47. The molecule has 1 aromatic carbocycles. The number of nitrogens with one attached hydrogen (secondary N) is 1. The van der Waals surface area contributed by atoms with Gasteiger partial charge in [0.2, 0.25) is 5.91 Å². The lowest BCUT2D eigenvalue weighted by atomic mass is 10.3. The highest BCUT2D eigenvalue weighted by Gasteiger charge is 2.05. The van der Waals surface area contributed by atoms with Gasteiger partial charge >= 0.3 is 0 Å². The second kappa shape index (κ2) is 6.12. The molecule has 0 bridgehead atoms. The van der Waals surface area contributed by atoms with Crippen LogP contribution in [0.3, 0.4) is 0 Å². The first-order valence-corrected chi connectivity index (χ1v) is 5.76. The predicted molar refractivity (Wildman–Crippen MR) is 62.5 cm³/mol. The number of carbonyl (C=O) groups excluding carboxylic acids is 1. The highest BCUT2D eigenvalue weighted by Crippen LogP contribution is 2.20. The van der Waals surface area contributed by atoms with E-state index in [1.54, 1.807) is 12.1 Å². The van der Waals surface area contributed by atoms with Gasteiger partial charge in [-0.15, -0.1) is 11.8 Å². The van der Waals surface area contributed by atoms with Crippen molar-refractivity contribution < 1.29 is 9.72 Å². The van der Waals surface area contributed by atoms with E-state index in [2.05, 4.69) is 5.32 Å². The van der Waals surface area contributed by atoms with E-state index in [4.69, 9.17) is 0 Å². The highest BCUT2D eigenvalue weighted by atomic mass is 32.2. The number of nitrogens with zero attached hydrogens (tertiary/aromatic N) is 1. The number of nitro benzene ring substituents is 1. The van der Waals surface area contributed by atoms with Crippen LogP contribution in [-0.4, -0.2) is 23.1 Å². The molecule has 1 N–H and O–H groups in total. The van der Waals surface area contributed by atoms with Gasteiger partial charge in [0, 0.05) is 23.6 Å². The summed E-state index contributed by atoms with van der Waals surface area (Å²) in [7, 11) is 0. The zero-order valence-corrected chi connectivity index (χ0v) is 9.62. The molecule has 0 saturated carbocycles. The van der Waals surface area contributed by atoms with E-state index in [0.717, 1.165) is 4.90 Å². The van der Waals surface area contributed by atoms with Crippen molar-refractivity contribution in [1.82, 2.24) is 5.32 Å². The summed E-state index contributed by atoms with van der Waals surface area (Å²) < 4.78 is 0. The first kappa shape index (κ1) is 12.5. The van der Waals surface area contributed by atoms with E-state index in [9.17, 15) is 14.9 Å². The zero-order valence-electron chi connectivity index (χ0n) is 8.80. The van der Waals surface area contributed by atoms with Crippen molar-refractivity contribution >= 4 is 23.4 Å². The second-order valence-electron chi connectivity index (χ2n) is 2.99. The monoisotopic (exact) mass is 240 g/mol. The molecule has 0 unspecified atom stereocenters. The van der Waals surface area contributed by atoms with Gasteiger partial charge in [0.05, 0.1) is 10.7 Å². The van der Waals surface area contributed by atoms with Crippen LogP contribution in [0.2, 0.25) is 0 Å². The Morgan fingerprint density at radius 3 is 2.56 bits per heavy atom. The molecule has 0 atom stereocenters. The lowest BCUT2D eigenvalue weighted by Crippen LogP contribution is -2.24. The lowest BCUT2D eigenvalue weighted by molar-refractivity contribution is -0.384. The smallest absolute Gasteiger partial charge is 0.269 e. The fourth-order valence-electron chi connectivity index (χ4n) is 1.06. The summed E-state index contributed by atoms with van der Waals surface area (Å²) in [5, 5.41) is 13.1. The molecule has 0 heterocycles. The lowest BCUT2D eigenvalue weighted by Gasteiger charge is -2.01. The van der Waals surface area contributed by atoms with Crippen molar-refractivity contribution in [3.05, 3.63) is 34.4 Å². The highest BCUT2D eigenvalue weighted by molar-refractivity contribution is 8.00. The molecule has 1 rings (SSSR count). The molecule has 6 heteroatoms. The van der Waals surface area contributed by atoms with Crippen molar-refractivity contribution in [2.45, 2.75) is 11.8 Å². The molecule has 86 valence electrons. The van der Waals surface area contributed by atoms with Gasteiger partial charge in [-0.25, -0.2) is 0 Å². The Bertz CT molecular complexity index is 378. The van der Waals surface area contributed by atoms with Crippen molar-refractivity contribution in [1.29, 1.82) is 0 Å². The average molecular weight is 240 g/mol. The van der Waals surface area contributed by atoms with E-state index in [-0.39, 0.29) is 11.6 Å². The molecule has 0 aromatic heterocycles. The number of non-ortho nitro benzene ring substituents is 1. The van der Waals surface area contributed by atoms with Crippen LogP contribution in [0.15, 0.2) is 29.2 Å². The number of nitro groups is 1. The second-order valence-corrected chi connectivity index (χ2v) is 4.04. The third-order valence-corrected chi connectivity index (χ3v) is 2.80. The van der Waals surface area contributed by atoms with E-state index < -0.39 is 4.92 Å². The standard InChI is InChI=1S/C10H12N2O3S/c1-2-11-10(13)7-16-9-5-3-8(4-6-9)12(14)15/h3-6H,2,7H2,1H3,(H,11,13). The van der Waals surface area contributed by atoms with Gasteiger partial charge in [0.25, 0.3) is 5.69 Å². The number of hydrogen-bond donors (Lipinski definition) is 1. The molecule has 0 aliphatic carbocycles. The molecule has 0 radical (unpaired) electrons. The van der Waals surface area contributed by atoms with E-state index >= 15 is 0 Å². The molecule has 1 aromatic rings. The minimum atomic E-state index is -0.446. The molecule has 0 aliphatic rings. The largest absolute Gasteiger partial charge is 0.356 e. The maximum Gasteiger partial charge on any atom is 0.269 e. The summed E-state index contributed by atoms with van der Waals surface area (Å²) in [5.41, 5.74) is 0.0577. The van der Waals surface area contributed by atoms with E-state index in [1.165, 1.54) is 23.9 Å². The summed E-state index contributed by atoms with van der Waals surface area (Å²) in [4.78, 5) is 21.9. The number of carbonyl (C=O) groups is 1. The van der Waals surface area contributed by atoms with Crippen LogP contribution in [0.1, 0.15) is 6.92 Å². The minimum Gasteiger partial charge on any atom is -0.356 e. The molecular formula is C10H12N2O3S. The number of benzene rings is 1. The van der Waals surface area contributed by atoms with Crippen LogP contribution < -0.4 is 5.32 Å². The Kier molecular flexibility index (Phi) is 4.78. The van der Waals surface area contributed by atoms with Gasteiger partial charge in [-0.1, -0.05) is 0 Å². The maximum atomic E-state index is 11.2. The van der Waals surface area contributed by atoms with Gasteiger partial charge in [0.1, 0.15) is 0 Å². The van der Waals surface area contributed by atoms with Crippen LogP contribution in [-0.2, 0) is 4.79 Å². The van der Waals surface area contributed by atoms with Gasteiger partial charge in [-0.05, 0) is 19.1 Å². The summed E-state index contributed by atoms with van der Waals surface area (Å²) in [6.07, 6.45) is 0. The summed E-state index contributed by atoms with van der Waals surface area (Å²) in [6, 6.07) is 6.14. The Morgan fingerprint density at radius 1 is 1.44 bits per heavy atom. The summed E-state index contributed by atoms with van der Waals surface area (Å²) >= 11 is 1.35. The molecule has 0 fully saturated rings. The van der Waals surface area contributed by atoms with E-state index in [1.807, 2.05) is 6.92 Å². The fraction of sp³-hybridized carbons (Fsp3) is 0.300. The maximum absolute atomic E-state index is 11.2. The Labute approximate surface area is 97.4 Å². The molecule has 5 nitrogen and oxygen atoms in total. The van der Waals surface area contributed by atoms with Gasteiger partial charge in [-0.2, -0.15) is 0 Å². The Morgan fingerprint density at radius 2 is 2.06 bits per heavy atom. The van der Waals surface area contributed by atoms with Crippen LogP contribution in [0.5, 0.6) is 0 Å². The van der Waals surface area contributed by atoms with Gasteiger partial charge in [0.15, 0.2) is 0 Å². The topological polar surface area (TPSA) is 72.2 Å². The zero-order chi connectivity index (χ0) is 12.0. The molecule has 1 amide bonds. The van der Waals surface area contributed by atoms with Gasteiger partial charge < -0.3 is 5.32 Å². The SMILES string of the molecule is CCNC(=O)CSc1ccc([N+](=O)[O-])cc1. The fourth-order valence-corrected chi connectivity index (χ4v) is 1.79. The number of hydrogen-bond acceptors (Lipinski definition) is 4. The average Bonchev–Trinajstić information content (AvgIpc) is 2.27. The van der Waals surface area contributed by atoms with Crippen LogP contribution in [0.25, 0.3) is 0 Å². The van der Waals surface area contributed by atoms with Crippen molar-refractivity contribution in [2.24, 2.45) is 0 Å². The number of thioether (sulfide) groups is 1. The minimum absolute atomic E-state index is 0.0362. The first-order chi connectivity index (χ1) is 7.63. The normalized spacial score (nSPS) is 9.81. The summed E-state index contributed by atoms with van der Waals surface area (Å²) in [5.74, 6) is 0.289. The first-order valence-electron chi connectivity index (χ1n) is 4.77. The quantitative estimate of drug-likeness (QED) is 0.484. The molecule has 0 spiro atoms. The van der Waals surface area contributed by atoms with Crippen LogP contribution >= 0.6 is 11.8 Å². The molecule has 0 aliphatic heterocycles. The van der Waals surface area contributed by atoms with Crippen LogP contribution in [0, 0.1) is 10.1 Å². The number of amides is 1. The van der Waals surface area contributed by atoms with Crippen molar-refractivity contribution in [3.63, 3.8) is 0 Å². The van der Waals surface area contributed by atoms with Gasteiger partial charge in [-0.3, -0.25) is 14.9 Å². The third kappa shape index (κ3) is 3.90. The molecular weight excluding hydrogens is 228 g/mol. The third-order valence-electron chi connectivity index (χ3n) is 1.79. The van der Waals surface area contributed by atoms with Crippen molar-refractivity contribution in [3.8, 4) is 0 Å². The Hall–Kier alpha value is -1.56. The van der Waals surface area contributed by atoms with E-state index in [0.29, 0.717) is 12.3 Å². The van der Waals surface area contributed by atoms with Crippen LogP contribution in [0.4, 0.5) is 5.69 Å². The Balaban J connectivity index is 2.49. The molecule has 0 saturated heterocycles. The predicted octanol–water partition coefficient (Wildman–Crippen LogP) is 1.82. The molecule has 16 heavy (non-hydrogen) atoms. The van der Waals surface area contributed by atoms with Crippen molar-refractivity contribution in [2.75, 3.05) is 12.3 Å².